The Bertz CT molecular complexity index is 1090. The van der Waals surface area contributed by atoms with Crippen molar-refractivity contribution >= 4 is 16.7 Å². The number of fused-ring (bicyclic) bond motifs is 1. The van der Waals surface area contributed by atoms with Crippen LogP contribution in [0.25, 0.3) is 10.8 Å². The molecule has 2 aliphatic carbocycles. The summed E-state index contributed by atoms with van der Waals surface area (Å²) in [6.07, 6.45) is 3.91. The number of rotatable bonds is 6. The van der Waals surface area contributed by atoms with Crippen molar-refractivity contribution in [3.63, 3.8) is 0 Å². The van der Waals surface area contributed by atoms with Crippen molar-refractivity contribution < 1.29 is 9.53 Å². The van der Waals surface area contributed by atoms with Crippen LogP contribution < -0.4 is 15.8 Å². The fraction of sp³-hybridized carbons (Fsp3) is 0.320. The van der Waals surface area contributed by atoms with Crippen molar-refractivity contribution in [2.24, 2.45) is 5.73 Å². The lowest BCUT2D eigenvalue weighted by atomic mass is 9.96. The van der Waals surface area contributed by atoms with Gasteiger partial charge in [0, 0.05) is 5.56 Å². The topological polar surface area (TPSA) is 64.3 Å². The monoisotopic (exact) mass is 386 g/mol. The molecule has 148 valence electrons. The van der Waals surface area contributed by atoms with Crippen LogP contribution in [0.3, 0.4) is 0 Å². The van der Waals surface area contributed by atoms with Gasteiger partial charge in [0.1, 0.15) is 12.4 Å². The van der Waals surface area contributed by atoms with E-state index >= 15 is 0 Å². The molecule has 2 aliphatic rings. The summed E-state index contributed by atoms with van der Waals surface area (Å²) in [5, 5.41) is 5.74. The fourth-order valence-electron chi connectivity index (χ4n) is 3.98. The lowest BCUT2D eigenvalue weighted by molar-refractivity contribution is 0.0930. The van der Waals surface area contributed by atoms with Crippen LogP contribution in [0.2, 0.25) is 0 Å². The molecule has 1 amide bonds. The van der Waals surface area contributed by atoms with E-state index in [1.165, 1.54) is 16.3 Å². The second kappa shape index (κ2) is 6.60. The Balaban J connectivity index is 1.40. The fourth-order valence-corrected chi connectivity index (χ4v) is 3.98. The summed E-state index contributed by atoms with van der Waals surface area (Å²) in [6.45, 7) is 2.46. The van der Waals surface area contributed by atoms with Gasteiger partial charge in [0.2, 0.25) is 0 Å². The number of nitrogens with two attached hydrogens (primary N) is 1. The average molecular weight is 386 g/mol. The van der Waals surface area contributed by atoms with Gasteiger partial charge in [-0.25, -0.2) is 0 Å². The highest BCUT2D eigenvalue weighted by molar-refractivity contribution is 5.97. The first kappa shape index (κ1) is 18.2. The number of aryl methyl sites for hydroxylation is 1. The Hall–Kier alpha value is -2.85. The van der Waals surface area contributed by atoms with Crippen LogP contribution in [0.15, 0.2) is 60.7 Å². The molecule has 0 heterocycles. The van der Waals surface area contributed by atoms with Gasteiger partial charge in [0.15, 0.2) is 0 Å². The molecule has 2 saturated carbocycles. The van der Waals surface area contributed by atoms with Crippen LogP contribution in [-0.2, 0) is 5.54 Å². The van der Waals surface area contributed by atoms with Gasteiger partial charge in [0.25, 0.3) is 5.91 Å². The summed E-state index contributed by atoms with van der Waals surface area (Å²) in [6, 6.07) is 20.4. The minimum absolute atomic E-state index is 0.0488. The maximum atomic E-state index is 13.2. The molecule has 0 aromatic heterocycles. The number of nitrogens with one attached hydrogen (secondary N) is 1. The summed E-state index contributed by atoms with van der Waals surface area (Å²) in [5.41, 5.74) is 8.46. The predicted octanol–water partition coefficient (Wildman–Crippen LogP) is 4.44. The Morgan fingerprint density at radius 3 is 2.55 bits per heavy atom. The first-order valence-electron chi connectivity index (χ1n) is 10.3. The van der Waals surface area contributed by atoms with Gasteiger partial charge in [-0.05, 0) is 66.6 Å². The third-order valence-corrected chi connectivity index (χ3v) is 6.28. The summed E-state index contributed by atoms with van der Waals surface area (Å²) in [5.74, 6) is 0.653. The molecular formula is C25H26N2O2. The largest absolute Gasteiger partial charge is 0.492 e. The van der Waals surface area contributed by atoms with Gasteiger partial charge in [0.05, 0.1) is 11.1 Å². The van der Waals surface area contributed by atoms with Gasteiger partial charge < -0.3 is 15.8 Å². The molecule has 0 unspecified atom stereocenters. The minimum atomic E-state index is -0.281. The highest BCUT2D eigenvalue weighted by Crippen LogP contribution is 2.48. The van der Waals surface area contributed by atoms with Crippen molar-refractivity contribution in [1.82, 2.24) is 5.32 Å². The Labute approximate surface area is 171 Å². The van der Waals surface area contributed by atoms with Crippen LogP contribution in [0.4, 0.5) is 0 Å². The zero-order valence-electron chi connectivity index (χ0n) is 16.7. The van der Waals surface area contributed by atoms with Crippen molar-refractivity contribution in [2.45, 2.75) is 43.7 Å². The van der Waals surface area contributed by atoms with E-state index in [1.807, 2.05) is 31.2 Å². The molecule has 5 rings (SSSR count). The SMILES string of the molecule is Cc1ccc(OCC2(N)CC2)cc1C(=O)NC1(c2cccc3ccccc23)CC1. The van der Waals surface area contributed by atoms with Crippen molar-refractivity contribution in [3.8, 4) is 5.75 Å². The van der Waals surface area contributed by atoms with Gasteiger partial charge in [-0.2, -0.15) is 0 Å². The Kier molecular flexibility index (Phi) is 4.14. The van der Waals surface area contributed by atoms with Crippen LogP contribution in [0, 0.1) is 6.92 Å². The summed E-state index contributed by atoms with van der Waals surface area (Å²) >= 11 is 0. The number of ether oxygens (including phenoxy) is 1. The van der Waals surface area contributed by atoms with Crippen LogP contribution >= 0.6 is 0 Å². The quantitative estimate of drug-likeness (QED) is 0.658. The number of benzene rings is 3. The third kappa shape index (κ3) is 3.49. The molecule has 0 spiro atoms. The van der Waals surface area contributed by atoms with E-state index in [-0.39, 0.29) is 17.0 Å². The third-order valence-electron chi connectivity index (χ3n) is 6.28. The molecule has 3 aromatic rings. The van der Waals surface area contributed by atoms with Gasteiger partial charge in [-0.1, -0.05) is 48.5 Å². The number of hydrogen-bond donors (Lipinski definition) is 2. The minimum Gasteiger partial charge on any atom is -0.492 e. The standard InChI is InChI=1S/C25H26N2O2/c1-17-9-10-19(29-16-24(26)11-12-24)15-21(17)23(28)27-25(13-14-25)22-8-4-6-18-5-2-3-7-20(18)22/h2-10,15H,11-14,16,26H2,1H3,(H,27,28). The molecule has 0 radical (unpaired) electrons. The Morgan fingerprint density at radius 2 is 1.79 bits per heavy atom. The van der Waals surface area contributed by atoms with E-state index in [2.05, 4.69) is 41.7 Å². The van der Waals surface area contributed by atoms with Gasteiger partial charge in [-0.3, -0.25) is 4.79 Å². The molecule has 0 atom stereocenters. The normalized spacial score (nSPS) is 18.3. The first-order valence-corrected chi connectivity index (χ1v) is 10.3. The molecular weight excluding hydrogens is 360 g/mol. The van der Waals surface area contributed by atoms with Gasteiger partial charge in [-0.15, -0.1) is 0 Å². The molecule has 29 heavy (non-hydrogen) atoms. The molecule has 0 bridgehead atoms. The molecule has 0 aliphatic heterocycles. The van der Waals surface area contributed by atoms with E-state index in [4.69, 9.17) is 10.5 Å². The van der Waals surface area contributed by atoms with Crippen LogP contribution in [-0.4, -0.2) is 18.1 Å². The molecule has 2 fully saturated rings. The van der Waals surface area contributed by atoms with Crippen molar-refractivity contribution in [1.29, 1.82) is 0 Å². The van der Waals surface area contributed by atoms with Crippen molar-refractivity contribution in [2.75, 3.05) is 6.61 Å². The maximum absolute atomic E-state index is 13.2. The highest BCUT2D eigenvalue weighted by atomic mass is 16.5. The molecule has 4 heteroatoms. The molecule has 4 nitrogen and oxygen atoms in total. The number of amides is 1. The van der Waals surface area contributed by atoms with Gasteiger partial charge >= 0.3 is 0 Å². The Morgan fingerprint density at radius 1 is 1.03 bits per heavy atom. The van der Waals surface area contributed by atoms with Crippen LogP contribution in [0.1, 0.15) is 47.2 Å². The molecule has 0 saturated heterocycles. The summed E-state index contributed by atoms with van der Waals surface area (Å²) < 4.78 is 5.86. The van der Waals surface area contributed by atoms with E-state index in [1.54, 1.807) is 0 Å². The van der Waals surface area contributed by atoms with E-state index < -0.39 is 0 Å². The maximum Gasteiger partial charge on any atom is 0.252 e. The smallest absolute Gasteiger partial charge is 0.252 e. The lowest BCUT2D eigenvalue weighted by Crippen LogP contribution is -2.35. The second-order valence-corrected chi connectivity index (χ2v) is 8.69. The lowest BCUT2D eigenvalue weighted by Gasteiger charge is -2.21. The molecule has 3 aromatic carbocycles. The number of carbonyl (C=O) groups is 1. The molecule has 3 N–H and O–H groups in total. The van der Waals surface area contributed by atoms with E-state index in [9.17, 15) is 4.79 Å². The van der Waals surface area contributed by atoms with E-state index in [0.29, 0.717) is 17.9 Å². The zero-order valence-corrected chi connectivity index (χ0v) is 16.7. The average Bonchev–Trinajstić information content (AvgIpc) is 3.66. The highest BCUT2D eigenvalue weighted by Gasteiger charge is 2.46. The summed E-state index contributed by atoms with van der Waals surface area (Å²) in [7, 11) is 0. The zero-order chi connectivity index (χ0) is 20.1. The first-order chi connectivity index (χ1) is 14.0. The second-order valence-electron chi connectivity index (χ2n) is 8.69. The number of hydrogen-bond acceptors (Lipinski definition) is 3. The predicted molar refractivity (Wildman–Crippen MR) is 115 cm³/mol. The van der Waals surface area contributed by atoms with Crippen LogP contribution in [0.5, 0.6) is 5.75 Å². The van der Waals surface area contributed by atoms with E-state index in [0.717, 1.165) is 31.2 Å². The number of carbonyl (C=O) groups excluding carboxylic acids is 1. The summed E-state index contributed by atoms with van der Waals surface area (Å²) in [4.78, 5) is 13.2. The van der Waals surface area contributed by atoms with Crippen molar-refractivity contribution in [3.05, 3.63) is 77.4 Å².